The molecule has 0 amide bonds. The highest BCUT2D eigenvalue weighted by molar-refractivity contribution is 7.92. The number of aryl methyl sites for hydroxylation is 3. The van der Waals surface area contributed by atoms with Crippen LogP contribution in [0, 0.1) is 13.8 Å². The van der Waals surface area contributed by atoms with Crippen molar-refractivity contribution in [2.45, 2.75) is 38.5 Å². The molecule has 9 heteroatoms. The largest absolute Gasteiger partial charge is 0.298 e. The predicted molar refractivity (Wildman–Crippen MR) is 94.3 cm³/mol. The van der Waals surface area contributed by atoms with Crippen LogP contribution in [0.2, 0.25) is 0 Å². The summed E-state index contributed by atoms with van der Waals surface area (Å²) >= 11 is 0. The van der Waals surface area contributed by atoms with Gasteiger partial charge in [0, 0.05) is 6.42 Å². The molecule has 25 heavy (non-hydrogen) atoms. The molecule has 8 nitrogen and oxygen atoms in total. The van der Waals surface area contributed by atoms with Crippen molar-refractivity contribution in [3.05, 3.63) is 51.7 Å². The number of aromatic nitrogens is 4. The summed E-state index contributed by atoms with van der Waals surface area (Å²) in [7, 11) is -3.88. The zero-order chi connectivity index (χ0) is 18.2. The van der Waals surface area contributed by atoms with Crippen LogP contribution in [0.3, 0.4) is 0 Å². The van der Waals surface area contributed by atoms with Gasteiger partial charge in [-0.05, 0) is 32.4 Å². The van der Waals surface area contributed by atoms with Gasteiger partial charge in [0.1, 0.15) is 11.5 Å². The van der Waals surface area contributed by atoms with Gasteiger partial charge in [-0.3, -0.25) is 14.6 Å². The summed E-state index contributed by atoms with van der Waals surface area (Å²) in [6.45, 7) is 5.43. The number of sulfonamides is 1. The van der Waals surface area contributed by atoms with Gasteiger partial charge in [0.25, 0.3) is 21.4 Å². The molecule has 0 aliphatic carbocycles. The van der Waals surface area contributed by atoms with Crippen molar-refractivity contribution >= 4 is 21.5 Å². The number of benzene rings is 1. The molecule has 0 saturated heterocycles. The van der Waals surface area contributed by atoms with Gasteiger partial charge in [0.05, 0.1) is 10.6 Å². The Labute approximate surface area is 145 Å². The lowest BCUT2D eigenvalue weighted by atomic mass is 10.2. The fourth-order valence-electron chi connectivity index (χ4n) is 2.44. The van der Waals surface area contributed by atoms with Crippen molar-refractivity contribution in [1.29, 1.82) is 0 Å². The summed E-state index contributed by atoms with van der Waals surface area (Å²) in [5, 5.41) is 2.86. The second-order valence-electron chi connectivity index (χ2n) is 5.85. The Kier molecular flexibility index (Phi) is 4.34. The highest BCUT2D eigenvalue weighted by atomic mass is 32.2. The van der Waals surface area contributed by atoms with Crippen LogP contribution in [0.1, 0.15) is 30.4 Å². The zero-order valence-corrected chi connectivity index (χ0v) is 15.0. The number of nitrogens with one attached hydrogen (secondary N) is 2. The van der Waals surface area contributed by atoms with E-state index in [-0.39, 0.29) is 22.1 Å². The Morgan fingerprint density at radius 1 is 1.16 bits per heavy atom. The average molecular weight is 361 g/mol. The molecular weight excluding hydrogens is 342 g/mol. The lowest BCUT2D eigenvalue weighted by Crippen LogP contribution is -2.25. The van der Waals surface area contributed by atoms with Crippen molar-refractivity contribution in [2.24, 2.45) is 0 Å². The standard InChI is InChI=1S/C16H19N5O3S/c1-4-5-13-18-16-17-11(3)14(15(22)21(16)19-13)20-25(23,24)12-8-6-10(2)7-9-12/h6-9,20H,4-5H2,1-3H3,(H,17,18,19). The molecule has 1 aromatic carbocycles. The van der Waals surface area contributed by atoms with Crippen LogP contribution >= 0.6 is 0 Å². The molecule has 0 saturated carbocycles. The third kappa shape index (κ3) is 3.27. The number of H-pyrrole nitrogens is 1. The van der Waals surface area contributed by atoms with E-state index in [1.165, 1.54) is 12.1 Å². The van der Waals surface area contributed by atoms with Crippen LogP contribution in [0.15, 0.2) is 34.0 Å². The molecule has 3 rings (SSSR count). The molecule has 0 bridgehead atoms. The van der Waals surface area contributed by atoms with Crippen LogP contribution in [0.25, 0.3) is 5.78 Å². The third-order valence-corrected chi connectivity index (χ3v) is 5.14. The number of rotatable bonds is 5. The minimum Gasteiger partial charge on any atom is -0.275 e. The summed E-state index contributed by atoms with van der Waals surface area (Å²) in [6.07, 6.45) is 1.53. The molecule has 0 aliphatic heterocycles. The molecule has 2 N–H and O–H groups in total. The van der Waals surface area contributed by atoms with Crippen molar-refractivity contribution in [3.8, 4) is 0 Å². The number of nitrogens with zero attached hydrogens (tertiary/aromatic N) is 3. The quantitative estimate of drug-likeness (QED) is 0.720. The van der Waals surface area contributed by atoms with Crippen molar-refractivity contribution in [2.75, 3.05) is 4.72 Å². The van der Waals surface area contributed by atoms with E-state index in [1.807, 2.05) is 13.8 Å². The van der Waals surface area contributed by atoms with Crippen LogP contribution in [-0.2, 0) is 16.4 Å². The van der Waals surface area contributed by atoms with Gasteiger partial charge < -0.3 is 0 Å². The van der Waals surface area contributed by atoms with Gasteiger partial charge in [0.2, 0.25) is 0 Å². The second-order valence-corrected chi connectivity index (χ2v) is 7.53. The minimum atomic E-state index is -3.88. The molecule has 0 aliphatic rings. The molecular formula is C16H19N5O3S. The zero-order valence-electron chi connectivity index (χ0n) is 14.2. The fourth-order valence-corrected chi connectivity index (χ4v) is 3.56. The van der Waals surface area contributed by atoms with E-state index >= 15 is 0 Å². The molecule has 3 aromatic rings. The Morgan fingerprint density at radius 3 is 2.48 bits per heavy atom. The number of aromatic amines is 1. The van der Waals surface area contributed by atoms with Crippen LogP contribution in [-0.4, -0.2) is 28.0 Å². The van der Waals surface area contributed by atoms with Crippen molar-refractivity contribution in [3.63, 3.8) is 0 Å². The lowest BCUT2D eigenvalue weighted by molar-refractivity contribution is 0.601. The van der Waals surface area contributed by atoms with E-state index in [0.717, 1.165) is 16.5 Å². The first-order chi connectivity index (χ1) is 11.8. The van der Waals surface area contributed by atoms with Gasteiger partial charge in [-0.2, -0.15) is 9.50 Å². The number of fused-ring (bicyclic) bond motifs is 1. The van der Waals surface area contributed by atoms with Gasteiger partial charge in [-0.15, -0.1) is 0 Å². The van der Waals surface area contributed by atoms with Gasteiger partial charge in [-0.25, -0.2) is 13.4 Å². The second kappa shape index (κ2) is 6.32. The van der Waals surface area contributed by atoms with Crippen LogP contribution < -0.4 is 10.3 Å². The van der Waals surface area contributed by atoms with E-state index in [1.54, 1.807) is 19.1 Å². The number of hydrogen-bond donors (Lipinski definition) is 2. The normalized spacial score (nSPS) is 11.8. The maximum absolute atomic E-state index is 12.7. The minimum absolute atomic E-state index is 0.0817. The first kappa shape index (κ1) is 17.2. The van der Waals surface area contributed by atoms with Crippen LogP contribution in [0.4, 0.5) is 5.69 Å². The maximum Gasteiger partial charge on any atom is 0.298 e. The molecule has 0 radical (unpaired) electrons. The van der Waals surface area contributed by atoms with E-state index in [0.29, 0.717) is 12.2 Å². The summed E-state index contributed by atoms with van der Waals surface area (Å²) in [4.78, 5) is 21.2. The van der Waals surface area contributed by atoms with Gasteiger partial charge in [0.15, 0.2) is 0 Å². The predicted octanol–water partition coefficient (Wildman–Crippen LogP) is 1.79. The van der Waals surface area contributed by atoms with E-state index in [9.17, 15) is 13.2 Å². The topological polar surface area (TPSA) is 109 Å². The first-order valence-electron chi connectivity index (χ1n) is 7.89. The number of hydrogen-bond acceptors (Lipinski definition) is 5. The Hall–Kier alpha value is -2.68. The maximum atomic E-state index is 12.7. The molecule has 0 unspecified atom stereocenters. The van der Waals surface area contributed by atoms with Crippen molar-refractivity contribution < 1.29 is 8.42 Å². The monoisotopic (exact) mass is 361 g/mol. The van der Waals surface area contributed by atoms with Gasteiger partial charge in [-0.1, -0.05) is 24.6 Å². The highest BCUT2D eigenvalue weighted by Crippen LogP contribution is 2.16. The Balaban J connectivity index is 2.06. The highest BCUT2D eigenvalue weighted by Gasteiger charge is 2.20. The molecule has 0 fully saturated rings. The van der Waals surface area contributed by atoms with Gasteiger partial charge >= 0.3 is 0 Å². The average Bonchev–Trinajstić information content (AvgIpc) is 2.95. The summed E-state index contributed by atoms with van der Waals surface area (Å²) in [5.41, 5.74) is 0.590. The smallest absolute Gasteiger partial charge is 0.275 e. The molecule has 2 heterocycles. The summed E-state index contributed by atoms with van der Waals surface area (Å²) < 4.78 is 28.6. The molecule has 0 atom stereocenters. The van der Waals surface area contributed by atoms with E-state index in [2.05, 4.69) is 19.8 Å². The Bertz CT molecular complexity index is 1080. The number of anilines is 1. The van der Waals surface area contributed by atoms with Crippen LogP contribution in [0.5, 0.6) is 0 Å². The first-order valence-corrected chi connectivity index (χ1v) is 9.38. The lowest BCUT2D eigenvalue weighted by Gasteiger charge is -2.09. The fraction of sp³-hybridized carbons (Fsp3) is 0.312. The molecule has 2 aromatic heterocycles. The summed E-state index contributed by atoms with van der Waals surface area (Å²) in [5.74, 6) is 0.856. The SMILES string of the molecule is CCCc1nc2nc(C)c(NS(=O)(=O)c3ccc(C)cc3)c(=O)n2[nH]1. The van der Waals surface area contributed by atoms with E-state index in [4.69, 9.17) is 0 Å². The van der Waals surface area contributed by atoms with E-state index < -0.39 is 15.6 Å². The molecule has 132 valence electrons. The summed E-state index contributed by atoms with van der Waals surface area (Å²) in [6, 6.07) is 6.38. The van der Waals surface area contributed by atoms with Crippen molar-refractivity contribution in [1.82, 2.24) is 19.6 Å². The Morgan fingerprint density at radius 2 is 1.84 bits per heavy atom. The molecule has 0 spiro atoms. The third-order valence-electron chi connectivity index (χ3n) is 3.78.